The third-order valence-corrected chi connectivity index (χ3v) is 15.2. The van der Waals surface area contributed by atoms with Crippen LogP contribution in [0.2, 0.25) is 0 Å². The van der Waals surface area contributed by atoms with Gasteiger partial charge in [-0.3, -0.25) is 33.7 Å². The summed E-state index contributed by atoms with van der Waals surface area (Å²) in [7, 11) is 0. The lowest BCUT2D eigenvalue weighted by Crippen LogP contribution is -2.61. The molecule has 0 spiro atoms. The maximum absolute atomic E-state index is 14.4. The molecule has 0 saturated heterocycles. The molecule has 0 radical (unpaired) electrons. The van der Waals surface area contributed by atoms with Crippen LogP contribution in [-0.4, -0.2) is 296 Å². The van der Waals surface area contributed by atoms with Gasteiger partial charge in [-0.15, -0.1) is 0 Å². The second-order valence-electron chi connectivity index (χ2n) is 23.3. The molecular weight excluding hydrogens is 1160 g/mol. The van der Waals surface area contributed by atoms with Crippen molar-refractivity contribution in [1.82, 2.24) is 36.8 Å². The molecule has 0 bridgehead atoms. The minimum atomic E-state index is -1.39. The molecule has 0 heterocycles. The third kappa shape index (κ3) is 26.2. The van der Waals surface area contributed by atoms with Crippen LogP contribution in [0.3, 0.4) is 0 Å². The summed E-state index contributed by atoms with van der Waals surface area (Å²) in [5.41, 5.74) is 0.171. The highest BCUT2D eigenvalue weighted by atomic mass is 16.6. The van der Waals surface area contributed by atoms with Crippen LogP contribution in [0, 0.1) is 17.8 Å². The predicted octanol–water partition coefficient (Wildman–Crippen LogP) is -5.64. The molecule has 16 unspecified atom stereocenters. The van der Waals surface area contributed by atoms with Crippen LogP contribution in [0.15, 0.2) is 24.3 Å². The molecule has 6 amide bonds. The first kappa shape index (κ1) is 75.6. The van der Waals surface area contributed by atoms with E-state index in [2.05, 4.69) is 31.9 Å². The number of amides is 6. The van der Waals surface area contributed by atoms with Crippen molar-refractivity contribution in [2.24, 2.45) is 17.8 Å². The highest BCUT2D eigenvalue weighted by molar-refractivity contribution is 5.86. The fraction of sp³-hybridized carbons (Fsp3) is 0.793. The number of hydrogen-bond donors (Lipinski definition) is 15. The summed E-state index contributed by atoms with van der Waals surface area (Å²) < 4.78 is 46.5. The van der Waals surface area contributed by atoms with Crippen LogP contribution in [0.5, 0.6) is 5.75 Å². The van der Waals surface area contributed by atoms with Gasteiger partial charge in [0, 0.05) is 78.0 Å². The lowest BCUT2D eigenvalue weighted by Gasteiger charge is -2.42. The molecule has 88 heavy (non-hydrogen) atoms. The molecule has 1 aromatic rings. The Kier molecular flexibility index (Phi) is 33.9. The molecule has 0 aromatic heterocycles. The first-order valence-corrected chi connectivity index (χ1v) is 30.1. The van der Waals surface area contributed by atoms with Crippen LogP contribution < -0.4 is 36.6 Å². The second kappa shape index (κ2) is 39.4. The number of carbonyl (C=O) groups excluding carboxylic acids is 6. The number of carbonyl (C=O) groups is 6. The number of benzene rings is 1. The summed E-state index contributed by atoms with van der Waals surface area (Å²) in [4.78, 5) is 78.9. The Hall–Kier alpha value is -4.84. The number of ether oxygens (including phenoxy) is 8. The van der Waals surface area contributed by atoms with Crippen LogP contribution in [0.1, 0.15) is 66.4 Å². The fourth-order valence-corrected chi connectivity index (χ4v) is 10.8. The van der Waals surface area contributed by atoms with Crippen LogP contribution in [0.25, 0.3) is 0 Å². The van der Waals surface area contributed by atoms with E-state index in [1.807, 2.05) is 20.8 Å². The highest BCUT2D eigenvalue weighted by Gasteiger charge is 2.47. The van der Waals surface area contributed by atoms with Crippen molar-refractivity contribution < 1.29 is 113 Å². The van der Waals surface area contributed by atoms with Crippen molar-refractivity contribution in [1.29, 1.82) is 0 Å². The smallest absolute Gasteiger partial charge is 0.237 e. The van der Waals surface area contributed by atoms with Gasteiger partial charge in [-0.2, -0.15) is 0 Å². The number of nitrogens with zero attached hydrogens (tertiary/aromatic N) is 1. The number of aliphatic hydroxyl groups is 9. The normalized spacial score (nSPS) is 27.7. The summed E-state index contributed by atoms with van der Waals surface area (Å²) >= 11 is 0. The van der Waals surface area contributed by atoms with Gasteiger partial charge in [-0.05, 0) is 64.2 Å². The average molecular weight is 1260 g/mol. The van der Waals surface area contributed by atoms with Gasteiger partial charge >= 0.3 is 0 Å². The van der Waals surface area contributed by atoms with Crippen molar-refractivity contribution in [3.63, 3.8) is 0 Å². The van der Waals surface area contributed by atoms with Gasteiger partial charge in [0.2, 0.25) is 35.4 Å². The Labute approximate surface area is 513 Å². The van der Waals surface area contributed by atoms with Crippen molar-refractivity contribution in [3.8, 4) is 5.75 Å². The van der Waals surface area contributed by atoms with Gasteiger partial charge in [0.25, 0.3) is 0 Å². The third-order valence-electron chi connectivity index (χ3n) is 15.2. The van der Waals surface area contributed by atoms with Crippen LogP contribution in [-0.2, 0) is 68.3 Å². The molecule has 504 valence electrons. The number of hydrogen-bond acceptors (Lipinski definition) is 24. The van der Waals surface area contributed by atoms with E-state index in [9.17, 15) is 74.7 Å². The molecular formula is C58H99N7O23. The molecule has 15 N–H and O–H groups in total. The lowest BCUT2D eigenvalue weighted by atomic mass is 9.79. The highest BCUT2D eigenvalue weighted by Crippen LogP contribution is 2.31. The predicted molar refractivity (Wildman–Crippen MR) is 312 cm³/mol. The first-order valence-electron chi connectivity index (χ1n) is 30.1. The van der Waals surface area contributed by atoms with Gasteiger partial charge < -0.3 is 116 Å². The number of nitrogens with one attached hydrogen (secondary N) is 6. The molecule has 30 heteroatoms. The van der Waals surface area contributed by atoms with E-state index < -0.39 is 164 Å². The van der Waals surface area contributed by atoms with Gasteiger partial charge in [0.1, 0.15) is 29.7 Å². The largest absolute Gasteiger partial charge is 0.488 e. The summed E-state index contributed by atoms with van der Waals surface area (Å²) in [6.45, 7) is 8.12. The molecule has 3 saturated carbocycles. The maximum atomic E-state index is 14.4. The fourth-order valence-electron chi connectivity index (χ4n) is 10.8. The second-order valence-corrected chi connectivity index (χ2v) is 23.3. The monoisotopic (exact) mass is 1260 g/mol. The lowest BCUT2D eigenvalue weighted by molar-refractivity contribution is -0.145. The maximum Gasteiger partial charge on any atom is 0.237 e. The van der Waals surface area contributed by atoms with E-state index in [1.54, 1.807) is 24.3 Å². The minimum Gasteiger partial charge on any atom is -0.488 e. The summed E-state index contributed by atoms with van der Waals surface area (Å²) in [5, 5.41) is 109. The number of rotatable bonds is 39. The Balaban J connectivity index is 1.37. The molecule has 3 aliphatic carbocycles. The van der Waals surface area contributed by atoms with E-state index >= 15 is 0 Å². The van der Waals surface area contributed by atoms with Crippen LogP contribution in [0.4, 0.5) is 0 Å². The van der Waals surface area contributed by atoms with Gasteiger partial charge in [-0.25, -0.2) is 0 Å². The summed E-state index contributed by atoms with van der Waals surface area (Å²) in [5.74, 6) is -4.38. The Morgan fingerprint density at radius 1 is 0.489 bits per heavy atom. The van der Waals surface area contributed by atoms with Gasteiger partial charge in [-0.1, -0.05) is 12.1 Å². The Bertz CT molecular complexity index is 2240. The zero-order valence-electron chi connectivity index (χ0n) is 51.5. The van der Waals surface area contributed by atoms with Gasteiger partial charge in [0.05, 0.1) is 147 Å². The molecule has 16 atom stereocenters. The standard InChI is InChI=1S/C58H99N7O23/c1-34(69)62-48-43(26-38(31-66)51(74)54(48)77)85-22-19-82-15-12-60-47(73)30-65(29-46(72)59-11-14-81-17-18-84-21-24-87-45-28-40(33-68)53(76)56(79)50(45)64-36(3)71)42(25-37-7-9-41(10-8-37)88-58(4,5)6)57(80)61-13-16-83-20-23-86-44-27-39(32-67)52(75)55(78)49(44)63-35(2)70/h7-10,38-40,42-45,48-56,66-68,74-79H,11-33H2,1-6H3,(H,59,72)(H,60,73)(H,61,80)(H,62,69)(H,63,70)(H,64,71). The minimum absolute atomic E-state index is 0.0000894. The summed E-state index contributed by atoms with van der Waals surface area (Å²) in [6.07, 6.45) is -9.55. The van der Waals surface area contributed by atoms with E-state index in [0.29, 0.717) is 11.3 Å². The molecule has 0 aliphatic heterocycles. The summed E-state index contributed by atoms with van der Waals surface area (Å²) in [6, 6.07) is 3.18. The Morgan fingerprint density at radius 3 is 1.15 bits per heavy atom. The van der Waals surface area contributed by atoms with Crippen LogP contribution >= 0.6 is 0 Å². The van der Waals surface area contributed by atoms with E-state index in [1.165, 1.54) is 25.7 Å². The van der Waals surface area contributed by atoms with E-state index in [-0.39, 0.29) is 125 Å². The quantitative estimate of drug-likeness (QED) is 0.0273. The average Bonchev–Trinajstić information content (AvgIpc) is 2.04. The van der Waals surface area contributed by atoms with Crippen molar-refractivity contribution in [3.05, 3.63) is 29.8 Å². The molecule has 3 aliphatic rings. The van der Waals surface area contributed by atoms with E-state index in [4.69, 9.17) is 37.9 Å². The molecule has 1 aromatic carbocycles. The first-order chi connectivity index (χ1) is 41.9. The molecule has 4 rings (SSSR count). The van der Waals surface area contributed by atoms with Gasteiger partial charge in [0.15, 0.2) is 0 Å². The SMILES string of the molecule is CC(=O)NC1C(OCCOCCNC(=O)CN(CC(=O)NCCOCCOCCOC2CC(CO)C(O)C(O)C2NC(C)=O)C(Cc2ccc(OC(C)(C)C)cc2)C(=O)NCCOCCOC2CC(CO)C(O)C(O)C2NC(C)=O)CC(CO)C(O)C1O. The zero-order valence-corrected chi connectivity index (χ0v) is 51.5. The van der Waals surface area contributed by atoms with Crippen molar-refractivity contribution >= 4 is 35.4 Å². The Morgan fingerprint density at radius 2 is 0.818 bits per heavy atom. The zero-order chi connectivity index (χ0) is 64.9. The van der Waals surface area contributed by atoms with Crippen molar-refractivity contribution in [2.75, 3.05) is 125 Å². The topological polar surface area (TPSA) is 434 Å². The van der Waals surface area contributed by atoms with Crippen molar-refractivity contribution in [2.45, 2.75) is 152 Å². The number of aliphatic hydroxyl groups excluding tert-OH is 9. The molecule has 3 fully saturated rings. The van der Waals surface area contributed by atoms with E-state index in [0.717, 1.165) is 0 Å². The molecule has 30 nitrogen and oxygen atoms in total.